The van der Waals surface area contributed by atoms with Crippen LogP contribution >= 0.6 is 0 Å². The predicted molar refractivity (Wildman–Crippen MR) is 67.3 cm³/mol. The topological polar surface area (TPSA) is 60.2 Å². The summed E-state index contributed by atoms with van der Waals surface area (Å²) in [6.07, 6.45) is 1.63. The molecule has 0 radical (unpaired) electrons. The Morgan fingerprint density at radius 1 is 1.47 bits per heavy atom. The Morgan fingerprint density at radius 2 is 2.26 bits per heavy atom. The Morgan fingerprint density at radius 3 is 2.89 bits per heavy atom. The van der Waals surface area contributed by atoms with Crippen molar-refractivity contribution in [3.8, 4) is 5.75 Å². The quantitative estimate of drug-likeness (QED) is 0.897. The van der Waals surface area contributed by atoms with E-state index in [1.54, 1.807) is 23.0 Å². The van der Waals surface area contributed by atoms with Crippen LogP contribution in [-0.2, 0) is 6.54 Å². The fraction of sp³-hybridized carbons (Fsp3) is 0.385. The number of hydrogen-bond acceptors (Lipinski definition) is 4. The van der Waals surface area contributed by atoms with Crippen LogP contribution in [0.15, 0.2) is 24.4 Å². The van der Waals surface area contributed by atoms with Crippen LogP contribution in [0.4, 0.5) is 4.39 Å². The third kappa shape index (κ3) is 3.08. The molecule has 0 aliphatic carbocycles. The van der Waals surface area contributed by atoms with E-state index in [2.05, 4.69) is 10.3 Å². The van der Waals surface area contributed by atoms with Gasteiger partial charge in [0.1, 0.15) is 5.69 Å². The van der Waals surface area contributed by atoms with Crippen molar-refractivity contribution >= 4 is 0 Å². The lowest BCUT2D eigenvalue weighted by atomic mass is 10.2. The molecule has 1 N–H and O–H groups in total. The van der Waals surface area contributed by atoms with Crippen molar-refractivity contribution in [3.63, 3.8) is 0 Å². The summed E-state index contributed by atoms with van der Waals surface area (Å²) in [5, 5.41) is 17.4. The van der Waals surface area contributed by atoms with E-state index in [4.69, 9.17) is 4.74 Å². The largest absolute Gasteiger partial charge is 0.494 e. The van der Waals surface area contributed by atoms with Crippen LogP contribution in [0, 0.1) is 5.82 Å². The molecule has 102 valence electrons. The lowest BCUT2D eigenvalue weighted by Crippen LogP contribution is -2.01. The molecule has 6 heteroatoms. The predicted octanol–water partition coefficient (Wildman–Crippen LogP) is 1.92. The molecule has 0 amide bonds. The highest BCUT2D eigenvalue weighted by Gasteiger charge is 2.10. The number of aliphatic hydroxyl groups is 1. The summed E-state index contributed by atoms with van der Waals surface area (Å²) in [5.41, 5.74) is 1.28. The lowest BCUT2D eigenvalue weighted by Gasteiger charge is -2.05. The first kappa shape index (κ1) is 13.5. The van der Waals surface area contributed by atoms with Gasteiger partial charge in [0.25, 0.3) is 0 Å². The normalized spacial score (nSPS) is 12.4. The SMILES string of the molecule is CCC(O)c1cn(Cc2ccc(OC)c(F)c2)nn1. The van der Waals surface area contributed by atoms with E-state index in [1.165, 1.54) is 13.2 Å². The number of aliphatic hydroxyl groups excluding tert-OH is 1. The fourth-order valence-corrected chi connectivity index (χ4v) is 1.75. The molecule has 0 aliphatic rings. The van der Waals surface area contributed by atoms with E-state index >= 15 is 0 Å². The maximum Gasteiger partial charge on any atom is 0.165 e. The second kappa shape index (κ2) is 5.79. The molecular formula is C13H16FN3O2. The van der Waals surface area contributed by atoms with Gasteiger partial charge in [-0.2, -0.15) is 0 Å². The van der Waals surface area contributed by atoms with Gasteiger partial charge in [0, 0.05) is 0 Å². The van der Waals surface area contributed by atoms with Gasteiger partial charge in [0.2, 0.25) is 0 Å². The van der Waals surface area contributed by atoms with Gasteiger partial charge < -0.3 is 9.84 Å². The summed E-state index contributed by atoms with van der Waals surface area (Å²) in [6.45, 7) is 2.26. The molecule has 0 saturated carbocycles. The van der Waals surface area contributed by atoms with E-state index < -0.39 is 11.9 Å². The Hall–Kier alpha value is -1.95. The van der Waals surface area contributed by atoms with Crippen molar-refractivity contribution in [2.45, 2.75) is 26.0 Å². The van der Waals surface area contributed by atoms with E-state index in [-0.39, 0.29) is 5.75 Å². The second-order valence-electron chi connectivity index (χ2n) is 4.23. The van der Waals surface area contributed by atoms with E-state index in [9.17, 15) is 9.50 Å². The maximum atomic E-state index is 13.5. The zero-order chi connectivity index (χ0) is 13.8. The second-order valence-corrected chi connectivity index (χ2v) is 4.23. The Labute approximate surface area is 110 Å². The molecule has 1 atom stereocenters. The van der Waals surface area contributed by atoms with Gasteiger partial charge in [-0.3, -0.25) is 0 Å². The first-order valence-corrected chi connectivity index (χ1v) is 6.04. The molecule has 1 aromatic heterocycles. The Kier molecular flexibility index (Phi) is 4.11. The van der Waals surface area contributed by atoms with E-state index in [0.29, 0.717) is 18.7 Å². The Bertz CT molecular complexity index is 557. The van der Waals surface area contributed by atoms with Gasteiger partial charge in [-0.05, 0) is 24.1 Å². The highest BCUT2D eigenvalue weighted by molar-refractivity contribution is 5.29. The molecule has 1 aromatic carbocycles. The minimum Gasteiger partial charge on any atom is -0.494 e. The van der Waals surface area contributed by atoms with Gasteiger partial charge in [0.05, 0.1) is 26.0 Å². The molecule has 0 bridgehead atoms. The van der Waals surface area contributed by atoms with Crippen molar-refractivity contribution in [2.75, 3.05) is 7.11 Å². The van der Waals surface area contributed by atoms with Crippen molar-refractivity contribution in [2.24, 2.45) is 0 Å². The molecule has 5 nitrogen and oxygen atoms in total. The van der Waals surface area contributed by atoms with Gasteiger partial charge in [-0.15, -0.1) is 5.10 Å². The van der Waals surface area contributed by atoms with Crippen LogP contribution in [0.3, 0.4) is 0 Å². The zero-order valence-corrected chi connectivity index (χ0v) is 10.9. The summed E-state index contributed by atoms with van der Waals surface area (Å²) in [4.78, 5) is 0. The standard InChI is InChI=1S/C13H16FN3O2/c1-3-12(18)11-8-17(16-15-11)7-9-4-5-13(19-2)10(14)6-9/h4-6,8,12,18H,3,7H2,1-2H3. The summed E-state index contributed by atoms with van der Waals surface area (Å²) in [5.74, 6) is -0.196. The van der Waals surface area contributed by atoms with Crippen molar-refractivity contribution in [1.29, 1.82) is 0 Å². The van der Waals surface area contributed by atoms with E-state index in [0.717, 1.165) is 5.56 Å². The average Bonchev–Trinajstić information content (AvgIpc) is 2.86. The molecule has 0 saturated heterocycles. The summed E-state index contributed by atoms with van der Waals surface area (Å²) >= 11 is 0. The highest BCUT2D eigenvalue weighted by atomic mass is 19.1. The van der Waals surface area contributed by atoms with Gasteiger partial charge in [0.15, 0.2) is 11.6 Å². The van der Waals surface area contributed by atoms with Crippen molar-refractivity contribution < 1.29 is 14.2 Å². The molecule has 0 aliphatic heterocycles. The molecule has 0 spiro atoms. The monoisotopic (exact) mass is 265 g/mol. The maximum absolute atomic E-state index is 13.5. The van der Waals surface area contributed by atoms with Crippen LogP contribution in [0.2, 0.25) is 0 Å². The van der Waals surface area contributed by atoms with Crippen molar-refractivity contribution in [1.82, 2.24) is 15.0 Å². The fourth-order valence-electron chi connectivity index (χ4n) is 1.75. The first-order valence-electron chi connectivity index (χ1n) is 6.04. The molecule has 1 heterocycles. The molecular weight excluding hydrogens is 249 g/mol. The summed E-state index contributed by atoms with van der Waals surface area (Å²) < 4.78 is 20.0. The van der Waals surface area contributed by atoms with Crippen molar-refractivity contribution in [3.05, 3.63) is 41.5 Å². The number of nitrogens with zero attached hydrogens (tertiary/aromatic N) is 3. The van der Waals surface area contributed by atoms with Gasteiger partial charge in [-0.1, -0.05) is 18.2 Å². The summed E-state index contributed by atoms with van der Waals surface area (Å²) in [7, 11) is 1.42. The minimum absolute atomic E-state index is 0.212. The molecule has 2 rings (SSSR count). The third-order valence-corrected chi connectivity index (χ3v) is 2.85. The number of ether oxygens (including phenoxy) is 1. The van der Waals surface area contributed by atoms with Crippen LogP contribution in [0.1, 0.15) is 30.7 Å². The number of aromatic nitrogens is 3. The van der Waals surface area contributed by atoms with Gasteiger partial charge >= 0.3 is 0 Å². The first-order chi connectivity index (χ1) is 9.13. The average molecular weight is 265 g/mol. The number of halogens is 1. The molecule has 19 heavy (non-hydrogen) atoms. The molecule has 0 fully saturated rings. The number of rotatable bonds is 5. The molecule has 1 unspecified atom stereocenters. The zero-order valence-electron chi connectivity index (χ0n) is 10.9. The highest BCUT2D eigenvalue weighted by Crippen LogP contribution is 2.18. The lowest BCUT2D eigenvalue weighted by molar-refractivity contribution is 0.168. The minimum atomic E-state index is -0.610. The van der Waals surface area contributed by atoms with Crippen LogP contribution in [0.5, 0.6) is 5.75 Å². The number of methoxy groups -OCH3 is 1. The number of benzene rings is 1. The van der Waals surface area contributed by atoms with Crippen LogP contribution in [0.25, 0.3) is 0 Å². The Balaban J connectivity index is 2.12. The molecule has 2 aromatic rings. The van der Waals surface area contributed by atoms with Crippen LogP contribution in [-0.4, -0.2) is 27.2 Å². The van der Waals surface area contributed by atoms with E-state index in [1.807, 2.05) is 6.92 Å². The smallest absolute Gasteiger partial charge is 0.165 e. The van der Waals surface area contributed by atoms with Crippen LogP contribution < -0.4 is 4.74 Å². The van der Waals surface area contributed by atoms with Gasteiger partial charge in [-0.25, -0.2) is 9.07 Å². The number of hydrogen-bond donors (Lipinski definition) is 1. The third-order valence-electron chi connectivity index (χ3n) is 2.85. The summed E-state index contributed by atoms with van der Waals surface area (Å²) in [6, 6.07) is 4.74.